The van der Waals surface area contributed by atoms with Crippen LogP contribution in [0.1, 0.15) is 23.7 Å². The molecular weight excluding hydrogens is 418 g/mol. The van der Waals surface area contributed by atoms with Gasteiger partial charge in [-0.05, 0) is 50.6 Å². The van der Waals surface area contributed by atoms with E-state index in [2.05, 4.69) is 4.90 Å². The van der Waals surface area contributed by atoms with Gasteiger partial charge in [-0.25, -0.2) is 4.68 Å². The number of aryl methyl sites for hydroxylation is 2. The Bertz CT molecular complexity index is 990. The van der Waals surface area contributed by atoms with Crippen molar-refractivity contribution in [3.05, 3.63) is 71.4 Å². The van der Waals surface area contributed by atoms with Gasteiger partial charge in [0.1, 0.15) is 5.75 Å². The number of ether oxygens (including phenoxy) is 3. The highest BCUT2D eigenvalue weighted by Gasteiger charge is 2.22. The van der Waals surface area contributed by atoms with Crippen molar-refractivity contribution >= 4 is 0 Å². The van der Waals surface area contributed by atoms with Gasteiger partial charge in [-0.15, -0.1) is 0 Å². The van der Waals surface area contributed by atoms with Crippen LogP contribution in [0.15, 0.2) is 54.6 Å². The van der Waals surface area contributed by atoms with Crippen LogP contribution >= 0.6 is 0 Å². The molecule has 0 amide bonds. The van der Waals surface area contributed by atoms with Gasteiger partial charge in [0, 0.05) is 33.4 Å². The van der Waals surface area contributed by atoms with Crippen LogP contribution in [-0.4, -0.2) is 65.9 Å². The number of aromatic nitrogens is 2. The lowest BCUT2D eigenvalue weighted by Crippen LogP contribution is -2.36. The molecule has 2 aromatic carbocycles. The molecule has 0 saturated carbocycles. The highest BCUT2D eigenvalue weighted by molar-refractivity contribution is 5.43. The van der Waals surface area contributed by atoms with E-state index in [0.717, 1.165) is 28.3 Å². The third kappa shape index (κ3) is 7.14. The van der Waals surface area contributed by atoms with E-state index >= 15 is 0 Å². The molecule has 0 fully saturated rings. The number of hydrogen-bond acceptors (Lipinski definition) is 6. The van der Waals surface area contributed by atoms with Crippen LogP contribution in [0.4, 0.5) is 0 Å². The van der Waals surface area contributed by atoms with Crippen molar-refractivity contribution in [1.29, 1.82) is 0 Å². The van der Waals surface area contributed by atoms with Gasteiger partial charge < -0.3 is 19.3 Å². The summed E-state index contributed by atoms with van der Waals surface area (Å²) in [5.74, 6) is 1.43. The summed E-state index contributed by atoms with van der Waals surface area (Å²) >= 11 is 0. The lowest BCUT2D eigenvalue weighted by molar-refractivity contribution is 0.0147. The molecule has 0 spiro atoms. The van der Waals surface area contributed by atoms with Gasteiger partial charge in [0.05, 0.1) is 36.3 Å². The van der Waals surface area contributed by atoms with E-state index in [-0.39, 0.29) is 0 Å². The standard InChI is InChI=1S/C26H35N3O4/c1-5-32-19-23(30)17-28(14-15-31-4)18-25-21(3)27-29(22-11-7-6-8-12-22)26(25)33-24-13-9-10-20(2)16-24/h6-13,16,23,30H,5,14-15,17-19H2,1-4H3. The fourth-order valence-electron chi connectivity index (χ4n) is 3.64. The topological polar surface area (TPSA) is 69.0 Å². The Morgan fingerprint density at radius 2 is 1.88 bits per heavy atom. The Morgan fingerprint density at radius 3 is 2.58 bits per heavy atom. The molecular formula is C26H35N3O4. The molecule has 7 heteroatoms. The van der Waals surface area contributed by atoms with Crippen molar-refractivity contribution in [2.45, 2.75) is 33.4 Å². The van der Waals surface area contributed by atoms with Crippen molar-refractivity contribution in [2.75, 3.05) is 40.0 Å². The summed E-state index contributed by atoms with van der Waals surface area (Å²) in [6.45, 7) is 9.08. The van der Waals surface area contributed by atoms with E-state index < -0.39 is 6.10 Å². The minimum Gasteiger partial charge on any atom is -0.439 e. The zero-order valence-corrected chi connectivity index (χ0v) is 20.0. The van der Waals surface area contributed by atoms with Crippen LogP contribution < -0.4 is 4.74 Å². The van der Waals surface area contributed by atoms with Crippen molar-refractivity contribution in [1.82, 2.24) is 14.7 Å². The van der Waals surface area contributed by atoms with E-state index in [1.807, 2.05) is 80.1 Å². The smallest absolute Gasteiger partial charge is 0.227 e. The van der Waals surface area contributed by atoms with Crippen LogP contribution in [0, 0.1) is 13.8 Å². The molecule has 1 N–H and O–H groups in total. The second-order valence-electron chi connectivity index (χ2n) is 8.08. The van der Waals surface area contributed by atoms with E-state index in [1.54, 1.807) is 7.11 Å². The Balaban J connectivity index is 1.95. The maximum absolute atomic E-state index is 10.5. The van der Waals surface area contributed by atoms with E-state index in [0.29, 0.717) is 45.3 Å². The summed E-state index contributed by atoms with van der Waals surface area (Å²) in [6, 6.07) is 17.9. The fraction of sp³-hybridized carbons (Fsp3) is 0.423. The van der Waals surface area contributed by atoms with Crippen molar-refractivity contribution < 1.29 is 19.3 Å². The summed E-state index contributed by atoms with van der Waals surface area (Å²) in [6.07, 6.45) is -0.590. The molecule has 0 bridgehead atoms. The summed E-state index contributed by atoms with van der Waals surface area (Å²) in [5.41, 5.74) is 3.90. The summed E-state index contributed by atoms with van der Waals surface area (Å²) in [7, 11) is 1.68. The van der Waals surface area contributed by atoms with Crippen LogP contribution in [0.25, 0.3) is 5.69 Å². The predicted molar refractivity (Wildman–Crippen MR) is 129 cm³/mol. The number of nitrogens with zero attached hydrogens (tertiary/aromatic N) is 3. The summed E-state index contributed by atoms with van der Waals surface area (Å²) in [4.78, 5) is 2.15. The van der Waals surface area contributed by atoms with Gasteiger partial charge in [0.25, 0.3) is 0 Å². The lowest BCUT2D eigenvalue weighted by Gasteiger charge is -2.25. The first-order chi connectivity index (χ1) is 16.0. The van der Waals surface area contributed by atoms with E-state index in [4.69, 9.17) is 19.3 Å². The zero-order chi connectivity index (χ0) is 23.6. The van der Waals surface area contributed by atoms with Gasteiger partial charge in [-0.1, -0.05) is 30.3 Å². The molecule has 1 heterocycles. The number of aliphatic hydroxyl groups excluding tert-OH is 1. The van der Waals surface area contributed by atoms with Gasteiger partial charge in [-0.3, -0.25) is 4.90 Å². The Hall–Kier alpha value is -2.71. The van der Waals surface area contributed by atoms with Crippen LogP contribution in [-0.2, 0) is 16.0 Å². The van der Waals surface area contributed by atoms with Crippen molar-refractivity contribution in [2.24, 2.45) is 0 Å². The molecule has 1 atom stereocenters. The highest BCUT2D eigenvalue weighted by Crippen LogP contribution is 2.32. The van der Waals surface area contributed by atoms with E-state index in [1.165, 1.54) is 0 Å². The maximum Gasteiger partial charge on any atom is 0.227 e. The molecule has 7 nitrogen and oxygen atoms in total. The maximum atomic E-state index is 10.5. The monoisotopic (exact) mass is 453 g/mol. The predicted octanol–water partition coefficient (Wildman–Crippen LogP) is 4.13. The molecule has 0 aliphatic heterocycles. The largest absolute Gasteiger partial charge is 0.439 e. The second kappa shape index (κ2) is 12.5. The third-order valence-electron chi connectivity index (χ3n) is 5.32. The molecule has 0 saturated heterocycles. The highest BCUT2D eigenvalue weighted by atomic mass is 16.5. The molecule has 0 aliphatic carbocycles. The molecule has 3 aromatic rings. The number of benzene rings is 2. The quantitative estimate of drug-likeness (QED) is 0.420. The number of rotatable bonds is 13. The van der Waals surface area contributed by atoms with Gasteiger partial charge in [-0.2, -0.15) is 5.10 Å². The minimum absolute atomic E-state index is 0.300. The van der Waals surface area contributed by atoms with Crippen LogP contribution in [0.5, 0.6) is 11.6 Å². The van der Waals surface area contributed by atoms with E-state index in [9.17, 15) is 5.11 Å². The first-order valence-corrected chi connectivity index (χ1v) is 11.4. The fourth-order valence-corrected chi connectivity index (χ4v) is 3.64. The van der Waals surface area contributed by atoms with Crippen LogP contribution in [0.3, 0.4) is 0 Å². The molecule has 1 unspecified atom stereocenters. The lowest BCUT2D eigenvalue weighted by atomic mass is 10.2. The third-order valence-corrected chi connectivity index (χ3v) is 5.32. The Kier molecular flexibility index (Phi) is 9.45. The van der Waals surface area contributed by atoms with Gasteiger partial charge >= 0.3 is 0 Å². The molecule has 3 rings (SSSR count). The van der Waals surface area contributed by atoms with Crippen molar-refractivity contribution in [3.8, 4) is 17.3 Å². The molecule has 1 aromatic heterocycles. The zero-order valence-electron chi connectivity index (χ0n) is 20.0. The number of hydrogen-bond donors (Lipinski definition) is 1. The first-order valence-electron chi connectivity index (χ1n) is 11.4. The first kappa shape index (κ1) is 24.9. The number of methoxy groups -OCH3 is 1. The summed E-state index contributed by atoms with van der Waals surface area (Å²) in [5, 5.41) is 15.3. The SMILES string of the molecule is CCOCC(O)CN(CCOC)Cc1c(C)nn(-c2ccccc2)c1Oc1cccc(C)c1. The molecule has 33 heavy (non-hydrogen) atoms. The molecule has 178 valence electrons. The second-order valence-corrected chi connectivity index (χ2v) is 8.08. The van der Waals surface area contributed by atoms with Crippen molar-refractivity contribution in [3.63, 3.8) is 0 Å². The van der Waals surface area contributed by atoms with Gasteiger partial charge in [0.2, 0.25) is 5.88 Å². The normalized spacial score (nSPS) is 12.3. The van der Waals surface area contributed by atoms with Crippen LogP contribution in [0.2, 0.25) is 0 Å². The average molecular weight is 454 g/mol. The molecule has 0 radical (unpaired) electrons. The number of aliphatic hydroxyl groups is 1. The summed E-state index contributed by atoms with van der Waals surface area (Å²) < 4.78 is 19.0. The average Bonchev–Trinajstić information content (AvgIpc) is 3.11. The molecule has 0 aliphatic rings. The Morgan fingerprint density at radius 1 is 1.09 bits per heavy atom. The minimum atomic E-state index is -0.590. The van der Waals surface area contributed by atoms with Gasteiger partial charge in [0.15, 0.2) is 0 Å². The Labute approximate surface area is 196 Å². The number of para-hydroxylation sites is 1.